The molecule has 0 bridgehead atoms. The number of phenolic OH excluding ortho intramolecular Hbond substituents is 1. The van der Waals surface area contributed by atoms with Gasteiger partial charge < -0.3 is 14.6 Å². The number of hydrogen-bond donors (Lipinski definition) is 1. The first-order chi connectivity index (χ1) is 9.67. The molecule has 4 heteroatoms. The first kappa shape index (κ1) is 13.5. The molecule has 108 valence electrons. The number of rotatable bonds is 3. The molecule has 1 aliphatic heterocycles. The van der Waals surface area contributed by atoms with Crippen molar-refractivity contribution in [3.8, 4) is 5.75 Å². The molecule has 3 rings (SSSR count). The van der Waals surface area contributed by atoms with Crippen LogP contribution in [0.25, 0.3) is 10.9 Å². The van der Waals surface area contributed by atoms with Crippen LogP contribution in [-0.4, -0.2) is 52.7 Å². The SMILES string of the molecule is CCn1cc(CN2CCN(C)CC2)c2cc(O)ccc21. The van der Waals surface area contributed by atoms with Gasteiger partial charge in [-0.15, -0.1) is 0 Å². The lowest BCUT2D eigenvalue weighted by molar-refractivity contribution is 0.148. The Kier molecular flexibility index (Phi) is 3.68. The summed E-state index contributed by atoms with van der Waals surface area (Å²) in [5, 5.41) is 10.9. The fourth-order valence-corrected chi connectivity index (χ4v) is 2.99. The van der Waals surface area contributed by atoms with Crippen LogP contribution in [0.3, 0.4) is 0 Å². The molecule has 1 aromatic carbocycles. The van der Waals surface area contributed by atoms with Gasteiger partial charge >= 0.3 is 0 Å². The van der Waals surface area contributed by atoms with Gasteiger partial charge in [-0.2, -0.15) is 0 Å². The van der Waals surface area contributed by atoms with Crippen LogP contribution in [0.1, 0.15) is 12.5 Å². The first-order valence-corrected chi connectivity index (χ1v) is 7.39. The summed E-state index contributed by atoms with van der Waals surface area (Å²) in [4.78, 5) is 4.87. The van der Waals surface area contributed by atoms with E-state index >= 15 is 0 Å². The van der Waals surface area contributed by atoms with E-state index in [2.05, 4.69) is 34.5 Å². The third-order valence-corrected chi connectivity index (χ3v) is 4.28. The molecular weight excluding hydrogens is 250 g/mol. The predicted octanol–water partition coefficient (Wildman–Crippen LogP) is 2.11. The van der Waals surface area contributed by atoms with E-state index in [-0.39, 0.29) is 0 Å². The van der Waals surface area contributed by atoms with E-state index in [1.807, 2.05) is 12.1 Å². The second-order valence-corrected chi connectivity index (χ2v) is 5.72. The quantitative estimate of drug-likeness (QED) is 0.929. The van der Waals surface area contributed by atoms with Gasteiger partial charge in [0.15, 0.2) is 0 Å². The topological polar surface area (TPSA) is 31.6 Å². The standard InChI is InChI=1S/C16H23N3O/c1-3-19-12-13(11-18-8-6-17(2)7-9-18)15-10-14(20)4-5-16(15)19/h4-5,10,12,20H,3,6-9,11H2,1-2H3. The van der Waals surface area contributed by atoms with E-state index in [0.29, 0.717) is 5.75 Å². The Hall–Kier alpha value is -1.52. The molecule has 1 aromatic heterocycles. The smallest absolute Gasteiger partial charge is 0.116 e. The minimum Gasteiger partial charge on any atom is -0.508 e. The van der Waals surface area contributed by atoms with Crippen LogP contribution in [0, 0.1) is 0 Å². The van der Waals surface area contributed by atoms with Crippen LogP contribution in [0.15, 0.2) is 24.4 Å². The molecule has 0 spiro atoms. The van der Waals surface area contributed by atoms with Crippen molar-refractivity contribution in [1.29, 1.82) is 0 Å². The zero-order chi connectivity index (χ0) is 14.1. The second kappa shape index (κ2) is 5.46. The summed E-state index contributed by atoms with van der Waals surface area (Å²) in [7, 11) is 2.18. The van der Waals surface area contributed by atoms with Crippen molar-refractivity contribution in [3.05, 3.63) is 30.0 Å². The van der Waals surface area contributed by atoms with E-state index in [1.165, 1.54) is 16.5 Å². The molecule has 0 unspecified atom stereocenters. The molecule has 1 saturated heterocycles. The maximum Gasteiger partial charge on any atom is 0.116 e. The van der Waals surface area contributed by atoms with Gasteiger partial charge in [0.1, 0.15) is 5.75 Å². The van der Waals surface area contributed by atoms with Crippen molar-refractivity contribution in [2.45, 2.75) is 20.0 Å². The molecule has 20 heavy (non-hydrogen) atoms. The molecule has 4 nitrogen and oxygen atoms in total. The minimum atomic E-state index is 0.353. The van der Waals surface area contributed by atoms with Crippen LogP contribution in [0.4, 0.5) is 0 Å². The van der Waals surface area contributed by atoms with Gasteiger partial charge in [-0.05, 0) is 37.7 Å². The molecule has 1 aliphatic rings. The van der Waals surface area contributed by atoms with Crippen molar-refractivity contribution >= 4 is 10.9 Å². The number of aryl methyl sites for hydroxylation is 1. The van der Waals surface area contributed by atoms with Crippen molar-refractivity contribution in [3.63, 3.8) is 0 Å². The molecular formula is C16H23N3O. The van der Waals surface area contributed by atoms with Crippen LogP contribution in [0.5, 0.6) is 5.75 Å². The maximum atomic E-state index is 9.75. The molecule has 0 radical (unpaired) electrons. The van der Waals surface area contributed by atoms with Crippen molar-refractivity contribution in [2.75, 3.05) is 33.2 Å². The summed E-state index contributed by atoms with van der Waals surface area (Å²) in [6, 6.07) is 5.68. The van der Waals surface area contributed by atoms with Crippen molar-refractivity contribution in [2.24, 2.45) is 0 Å². The number of aromatic nitrogens is 1. The van der Waals surface area contributed by atoms with Gasteiger partial charge in [-0.1, -0.05) is 0 Å². The molecule has 1 N–H and O–H groups in total. The van der Waals surface area contributed by atoms with Crippen LogP contribution < -0.4 is 0 Å². The number of fused-ring (bicyclic) bond motifs is 1. The number of hydrogen-bond acceptors (Lipinski definition) is 3. The van der Waals surface area contributed by atoms with Crippen LogP contribution >= 0.6 is 0 Å². The van der Waals surface area contributed by atoms with E-state index in [0.717, 1.165) is 39.3 Å². The summed E-state index contributed by atoms with van der Waals surface area (Å²) in [5.74, 6) is 0.353. The molecule has 0 saturated carbocycles. The zero-order valence-electron chi connectivity index (χ0n) is 12.3. The highest BCUT2D eigenvalue weighted by molar-refractivity contribution is 5.85. The third kappa shape index (κ3) is 2.53. The maximum absolute atomic E-state index is 9.75. The zero-order valence-corrected chi connectivity index (χ0v) is 12.3. The highest BCUT2D eigenvalue weighted by Crippen LogP contribution is 2.26. The average molecular weight is 273 g/mol. The molecule has 0 amide bonds. The number of piperazine rings is 1. The highest BCUT2D eigenvalue weighted by atomic mass is 16.3. The number of phenols is 1. The normalized spacial score (nSPS) is 17.9. The molecule has 2 aromatic rings. The first-order valence-electron chi connectivity index (χ1n) is 7.39. The molecule has 1 fully saturated rings. The largest absolute Gasteiger partial charge is 0.508 e. The van der Waals surface area contributed by atoms with Gasteiger partial charge in [-0.25, -0.2) is 0 Å². The monoisotopic (exact) mass is 273 g/mol. The van der Waals surface area contributed by atoms with E-state index < -0.39 is 0 Å². The Balaban J connectivity index is 1.89. The lowest BCUT2D eigenvalue weighted by Gasteiger charge is -2.32. The van der Waals surface area contributed by atoms with Crippen LogP contribution in [0.2, 0.25) is 0 Å². The Labute approximate surface area is 120 Å². The Bertz CT molecular complexity index is 597. The van der Waals surface area contributed by atoms with Crippen molar-refractivity contribution in [1.82, 2.24) is 14.4 Å². The summed E-state index contributed by atoms with van der Waals surface area (Å²) in [6.07, 6.45) is 2.24. The number of likely N-dealkylation sites (N-methyl/N-ethyl adjacent to an activating group) is 1. The number of aromatic hydroxyl groups is 1. The van der Waals surface area contributed by atoms with Gasteiger partial charge in [0.05, 0.1) is 0 Å². The highest BCUT2D eigenvalue weighted by Gasteiger charge is 2.16. The van der Waals surface area contributed by atoms with E-state index in [1.54, 1.807) is 6.07 Å². The number of nitrogens with zero attached hydrogens (tertiary/aromatic N) is 3. The summed E-state index contributed by atoms with van der Waals surface area (Å²) in [6.45, 7) is 8.61. The number of benzene rings is 1. The fraction of sp³-hybridized carbons (Fsp3) is 0.500. The van der Waals surface area contributed by atoms with Gasteiger partial charge in [0.25, 0.3) is 0 Å². The summed E-state index contributed by atoms with van der Waals surface area (Å²) >= 11 is 0. The van der Waals surface area contributed by atoms with E-state index in [9.17, 15) is 5.11 Å². The van der Waals surface area contributed by atoms with Gasteiger partial charge in [-0.3, -0.25) is 4.90 Å². The van der Waals surface area contributed by atoms with Crippen LogP contribution in [-0.2, 0) is 13.1 Å². The second-order valence-electron chi connectivity index (χ2n) is 5.72. The average Bonchev–Trinajstić information content (AvgIpc) is 2.79. The minimum absolute atomic E-state index is 0.353. The molecule has 0 aliphatic carbocycles. The van der Waals surface area contributed by atoms with E-state index in [4.69, 9.17) is 0 Å². The van der Waals surface area contributed by atoms with Crippen molar-refractivity contribution < 1.29 is 5.11 Å². The lowest BCUT2D eigenvalue weighted by atomic mass is 10.1. The van der Waals surface area contributed by atoms with Gasteiger partial charge in [0, 0.05) is 56.4 Å². The summed E-state index contributed by atoms with van der Waals surface area (Å²) < 4.78 is 2.26. The third-order valence-electron chi connectivity index (χ3n) is 4.28. The molecule has 2 heterocycles. The Morgan fingerprint density at radius 2 is 1.90 bits per heavy atom. The fourth-order valence-electron chi connectivity index (χ4n) is 2.99. The molecule has 0 atom stereocenters. The Morgan fingerprint density at radius 3 is 2.60 bits per heavy atom. The predicted molar refractivity (Wildman–Crippen MR) is 82.1 cm³/mol. The summed E-state index contributed by atoms with van der Waals surface area (Å²) in [5.41, 5.74) is 2.54. The Morgan fingerprint density at radius 1 is 1.15 bits per heavy atom. The lowest BCUT2D eigenvalue weighted by Crippen LogP contribution is -2.43. The van der Waals surface area contributed by atoms with Gasteiger partial charge in [0.2, 0.25) is 0 Å².